The number of amides is 1. The molecule has 0 unspecified atom stereocenters. The van der Waals surface area contributed by atoms with Crippen LogP contribution in [0.2, 0.25) is 0 Å². The second-order valence-electron chi connectivity index (χ2n) is 4.73. The van der Waals surface area contributed by atoms with Crippen molar-refractivity contribution in [1.82, 2.24) is 4.98 Å². The molecular weight excluding hydrogens is 330 g/mol. The van der Waals surface area contributed by atoms with E-state index in [2.05, 4.69) is 15.6 Å². The van der Waals surface area contributed by atoms with Gasteiger partial charge in [-0.1, -0.05) is 0 Å². The number of non-ortho nitro benzene ring substituents is 1. The van der Waals surface area contributed by atoms with E-state index in [1.54, 1.807) is 6.07 Å². The monoisotopic (exact) mass is 343 g/mol. The molecule has 9 heteroatoms. The van der Waals surface area contributed by atoms with Crippen LogP contribution in [0.25, 0.3) is 0 Å². The van der Waals surface area contributed by atoms with E-state index in [1.165, 1.54) is 41.8 Å². The molecule has 1 aromatic carbocycles. The molecule has 0 aliphatic carbocycles. The SMILES string of the molecule is Cc1nc(N/C=C(/C#N)C(=O)Nc2ccc([N+](=O)[O-])cc2)sc1C. The summed E-state index contributed by atoms with van der Waals surface area (Å²) in [7, 11) is 0. The van der Waals surface area contributed by atoms with Gasteiger partial charge in [-0.2, -0.15) is 5.26 Å². The van der Waals surface area contributed by atoms with Crippen molar-refractivity contribution in [2.75, 3.05) is 10.6 Å². The fourth-order valence-electron chi connectivity index (χ4n) is 1.68. The number of hydrogen-bond acceptors (Lipinski definition) is 7. The first kappa shape index (κ1) is 17.1. The van der Waals surface area contributed by atoms with Crippen LogP contribution in [0.1, 0.15) is 10.6 Å². The zero-order valence-electron chi connectivity index (χ0n) is 12.9. The van der Waals surface area contributed by atoms with Gasteiger partial charge in [-0.15, -0.1) is 11.3 Å². The van der Waals surface area contributed by atoms with Gasteiger partial charge < -0.3 is 10.6 Å². The number of carbonyl (C=O) groups excluding carboxylic acids is 1. The summed E-state index contributed by atoms with van der Waals surface area (Å²) in [6.07, 6.45) is 1.28. The standard InChI is InChI=1S/C15H13N5O3S/c1-9-10(2)24-15(18-9)17-8-11(7-16)14(21)19-12-3-5-13(6-4-12)20(22)23/h3-6,8H,1-2H3,(H,17,18)(H,19,21)/b11-8-. The lowest BCUT2D eigenvalue weighted by Crippen LogP contribution is -2.14. The third-order valence-corrected chi connectivity index (χ3v) is 4.07. The quantitative estimate of drug-likeness (QED) is 0.372. The molecule has 0 spiro atoms. The van der Waals surface area contributed by atoms with E-state index in [9.17, 15) is 14.9 Å². The van der Waals surface area contributed by atoms with E-state index >= 15 is 0 Å². The fourth-order valence-corrected chi connectivity index (χ4v) is 2.47. The predicted octanol–water partition coefficient (Wildman–Crippen LogP) is 3.13. The second kappa shape index (κ2) is 7.34. The Balaban J connectivity index is 2.06. The number of rotatable bonds is 5. The topological polar surface area (TPSA) is 121 Å². The van der Waals surface area contributed by atoms with Gasteiger partial charge >= 0.3 is 0 Å². The van der Waals surface area contributed by atoms with Crippen molar-refractivity contribution in [2.45, 2.75) is 13.8 Å². The number of aromatic nitrogens is 1. The number of nitrogens with one attached hydrogen (secondary N) is 2. The van der Waals surface area contributed by atoms with Crippen molar-refractivity contribution in [3.63, 3.8) is 0 Å². The Morgan fingerprint density at radius 2 is 2.04 bits per heavy atom. The Labute approximate surface area is 141 Å². The number of carbonyl (C=O) groups is 1. The molecule has 2 aromatic rings. The molecule has 24 heavy (non-hydrogen) atoms. The maximum atomic E-state index is 12.1. The van der Waals surface area contributed by atoms with Crippen molar-refractivity contribution in [1.29, 1.82) is 5.26 Å². The van der Waals surface area contributed by atoms with E-state index in [1.807, 2.05) is 13.8 Å². The predicted molar refractivity (Wildman–Crippen MR) is 90.6 cm³/mol. The highest BCUT2D eigenvalue weighted by Gasteiger charge is 2.11. The normalized spacial score (nSPS) is 10.8. The van der Waals surface area contributed by atoms with Crippen molar-refractivity contribution >= 4 is 33.8 Å². The molecule has 0 radical (unpaired) electrons. The molecular formula is C15H13N5O3S. The van der Waals surface area contributed by atoms with E-state index < -0.39 is 10.8 Å². The van der Waals surface area contributed by atoms with Gasteiger partial charge in [0.15, 0.2) is 5.13 Å². The maximum absolute atomic E-state index is 12.1. The van der Waals surface area contributed by atoms with E-state index in [0.717, 1.165) is 10.6 Å². The summed E-state index contributed by atoms with van der Waals surface area (Å²) in [6, 6.07) is 7.13. The Morgan fingerprint density at radius 3 is 2.54 bits per heavy atom. The van der Waals surface area contributed by atoms with Gasteiger partial charge in [0, 0.05) is 28.9 Å². The molecule has 8 nitrogen and oxygen atoms in total. The largest absolute Gasteiger partial charge is 0.337 e. The molecule has 122 valence electrons. The minimum atomic E-state index is -0.621. The zero-order valence-corrected chi connectivity index (χ0v) is 13.7. The summed E-state index contributed by atoms with van der Waals surface area (Å²) in [5.41, 5.74) is 1.01. The number of benzene rings is 1. The number of hydrogen-bond donors (Lipinski definition) is 2. The number of nitrogens with zero attached hydrogens (tertiary/aromatic N) is 3. The average molecular weight is 343 g/mol. The first-order valence-corrected chi connectivity index (χ1v) is 7.59. The number of aryl methyl sites for hydroxylation is 2. The summed E-state index contributed by atoms with van der Waals surface area (Å²) in [4.78, 5) is 27.4. The van der Waals surface area contributed by atoms with Crippen LogP contribution in [-0.2, 0) is 4.79 Å². The minimum absolute atomic E-state index is 0.0831. The van der Waals surface area contributed by atoms with E-state index in [0.29, 0.717) is 10.8 Å². The van der Waals surface area contributed by atoms with Gasteiger partial charge in [-0.25, -0.2) is 4.98 Å². The maximum Gasteiger partial charge on any atom is 0.269 e. The number of nitro benzene ring substituents is 1. The highest BCUT2D eigenvalue weighted by atomic mass is 32.1. The molecule has 1 heterocycles. The molecule has 1 amide bonds. The highest BCUT2D eigenvalue weighted by Crippen LogP contribution is 2.21. The zero-order chi connectivity index (χ0) is 17.7. The lowest BCUT2D eigenvalue weighted by Gasteiger charge is -2.04. The van der Waals surface area contributed by atoms with Crippen LogP contribution >= 0.6 is 11.3 Å². The summed E-state index contributed by atoms with van der Waals surface area (Å²) in [6.45, 7) is 3.79. The highest BCUT2D eigenvalue weighted by molar-refractivity contribution is 7.15. The second-order valence-corrected chi connectivity index (χ2v) is 5.94. The van der Waals surface area contributed by atoms with Crippen molar-refractivity contribution < 1.29 is 9.72 Å². The summed E-state index contributed by atoms with van der Waals surface area (Å²) in [5, 5.41) is 25.6. The van der Waals surface area contributed by atoms with Crippen LogP contribution in [0.3, 0.4) is 0 Å². The Bertz CT molecular complexity index is 829. The van der Waals surface area contributed by atoms with Gasteiger partial charge in [0.05, 0.1) is 10.6 Å². The number of nitro groups is 1. The van der Waals surface area contributed by atoms with Crippen LogP contribution in [0.15, 0.2) is 36.0 Å². The first-order chi connectivity index (χ1) is 11.4. The van der Waals surface area contributed by atoms with Crippen molar-refractivity contribution in [3.05, 3.63) is 56.7 Å². The number of anilines is 2. The Kier molecular flexibility index (Phi) is 5.23. The molecule has 0 saturated carbocycles. The Morgan fingerprint density at radius 1 is 1.38 bits per heavy atom. The molecule has 0 bridgehead atoms. The number of thiazole rings is 1. The van der Waals surface area contributed by atoms with Gasteiger partial charge in [-0.3, -0.25) is 14.9 Å². The van der Waals surface area contributed by atoms with Gasteiger partial charge in [0.2, 0.25) is 0 Å². The third kappa shape index (κ3) is 4.15. The minimum Gasteiger partial charge on any atom is -0.337 e. The molecule has 2 rings (SSSR count). The summed E-state index contributed by atoms with van der Waals surface area (Å²) in [5.74, 6) is -0.621. The molecule has 2 N–H and O–H groups in total. The summed E-state index contributed by atoms with van der Waals surface area (Å²) < 4.78 is 0. The van der Waals surface area contributed by atoms with Crippen LogP contribution in [0, 0.1) is 35.3 Å². The summed E-state index contributed by atoms with van der Waals surface area (Å²) >= 11 is 1.42. The number of nitriles is 1. The van der Waals surface area contributed by atoms with E-state index in [-0.39, 0.29) is 11.3 Å². The molecule has 0 atom stereocenters. The fraction of sp³-hybridized carbons (Fsp3) is 0.133. The van der Waals surface area contributed by atoms with Crippen LogP contribution in [0.5, 0.6) is 0 Å². The average Bonchev–Trinajstić information content (AvgIpc) is 2.86. The van der Waals surface area contributed by atoms with Gasteiger partial charge in [0.25, 0.3) is 11.6 Å². The molecule has 1 aromatic heterocycles. The van der Waals surface area contributed by atoms with Crippen LogP contribution < -0.4 is 10.6 Å². The van der Waals surface area contributed by atoms with Crippen LogP contribution in [0.4, 0.5) is 16.5 Å². The molecule has 0 aliphatic rings. The van der Waals surface area contributed by atoms with E-state index in [4.69, 9.17) is 5.26 Å². The first-order valence-electron chi connectivity index (χ1n) is 6.77. The van der Waals surface area contributed by atoms with Crippen molar-refractivity contribution in [3.8, 4) is 6.07 Å². The Hall–Kier alpha value is -3.25. The van der Waals surface area contributed by atoms with Crippen LogP contribution in [-0.4, -0.2) is 15.8 Å². The van der Waals surface area contributed by atoms with Crippen molar-refractivity contribution in [2.24, 2.45) is 0 Å². The van der Waals surface area contributed by atoms with Gasteiger partial charge in [-0.05, 0) is 26.0 Å². The lowest BCUT2D eigenvalue weighted by molar-refractivity contribution is -0.384. The molecule has 0 aliphatic heterocycles. The van der Waals surface area contributed by atoms with Gasteiger partial charge in [0.1, 0.15) is 11.6 Å². The smallest absolute Gasteiger partial charge is 0.269 e. The molecule has 0 fully saturated rings. The lowest BCUT2D eigenvalue weighted by atomic mass is 10.2. The molecule has 0 saturated heterocycles. The third-order valence-electron chi connectivity index (χ3n) is 3.07.